The maximum Gasteiger partial charge on any atom is 0.185 e. The molecule has 0 bridgehead atoms. The van der Waals surface area contributed by atoms with Gasteiger partial charge in [-0.1, -0.05) is 12.1 Å². The molecule has 0 unspecified atom stereocenters. The van der Waals surface area contributed by atoms with Gasteiger partial charge in [-0.2, -0.15) is 0 Å². The van der Waals surface area contributed by atoms with Gasteiger partial charge in [0.25, 0.3) is 0 Å². The molecule has 0 amide bonds. The molecule has 18 heavy (non-hydrogen) atoms. The van der Waals surface area contributed by atoms with Gasteiger partial charge >= 0.3 is 0 Å². The zero-order chi connectivity index (χ0) is 13.0. The lowest BCUT2D eigenvalue weighted by Crippen LogP contribution is -2.27. The number of nitrogens with two attached hydrogens (primary N) is 1. The summed E-state index contributed by atoms with van der Waals surface area (Å²) in [4.78, 5) is 12.1. The van der Waals surface area contributed by atoms with E-state index in [9.17, 15) is 4.79 Å². The fraction of sp³-hybridized carbons (Fsp3) is 0.714. The Bertz CT molecular complexity index is 392. The van der Waals surface area contributed by atoms with E-state index in [4.69, 9.17) is 10.3 Å². The minimum absolute atomic E-state index is 0.113. The minimum Gasteiger partial charge on any atom is -0.361 e. The van der Waals surface area contributed by atoms with Gasteiger partial charge < -0.3 is 10.3 Å². The molecule has 1 aliphatic carbocycles. The van der Waals surface area contributed by atoms with E-state index in [1.54, 1.807) is 6.07 Å². The summed E-state index contributed by atoms with van der Waals surface area (Å²) in [6.45, 7) is 2.08. The zero-order valence-corrected chi connectivity index (χ0v) is 11.0. The molecule has 2 N–H and O–H groups in total. The average molecular weight is 250 g/mol. The molecule has 100 valence electrons. The monoisotopic (exact) mass is 250 g/mol. The molecule has 1 aromatic rings. The molecular formula is C14H22N2O2. The summed E-state index contributed by atoms with van der Waals surface area (Å²) in [5.41, 5.74) is 6.36. The van der Waals surface area contributed by atoms with E-state index < -0.39 is 0 Å². The van der Waals surface area contributed by atoms with Gasteiger partial charge in [-0.15, -0.1) is 0 Å². The van der Waals surface area contributed by atoms with E-state index in [2.05, 4.69) is 12.1 Å². The molecule has 0 radical (unpaired) electrons. The first kappa shape index (κ1) is 13.3. The summed E-state index contributed by atoms with van der Waals surface area (Å²) >= 11 is 0. The van der Waals surface area contributed by atoms with Gasteiger partial charge in [0.15, 0.2) is 5.78 Å². The Labute approximate surface area is 108 Å². The average Bonchev–Trinajstić information content (AvgIpc) is 2.81. The lowest BCUT2D eigenvalue weighted by Gasteiger charge is -2.25. The van der Waals surface area contributed by atoms with Crippen molar-refractivity contribution in [1.82, 2.24) is 5.16 Å². The largest absolute Gasteiger partial charge is 0.361 e. The Kier molecular flexibility index (Phi) is 4.53. The third kappa shape index (κ3) is 3.42. The molecule has 1 aromatic heterocycles. The fourth-order valence-corrected chi connectivity index (χ4v) is 2.57. The smallest absolute Gasteiger partial charge is 0.185 e. The number of rotatable bonds is 5. The lowest BCUT2D eigenvalue weighted by molar-refractivity contribution is 0.0939. The maximum absolute atomic E-state index is 12.1. The second-order valence-electron chi connectivity index (χ2n) is 5.34. The SMILES string of the molecule is CCCc1cc(C(=O)CC2CCC(N)CC2)no1. The van der Waals surface area contributed by atoms with Crippen molar-refractivity contribution >= 4 is 5.78 Å². The van der Waals surface area contributed by atoms with E-state index in [0.29, 0.717) is 24.1 Å². The Morgan fingerprint density at radius 3 is 2.83 bits per heavy atom. The van der Waals surface area contributed by atoms with Gasteiger partial charge in [-0.25, -0.2) is 0 Å². The molecule has 0 aliphatic heterocycles. The molecule has 0 spiro atoms. The first-order valence-corrected chi connectivity index (χ1v) is 6.93. The van der Waals surface area contributed by atoms with Gasteiger partial charge in [0.2, 0.25) is 0 Å². The Morgan fingerprint density at radius 2 is 2.17 bits per heavy atom. The van der Waals surface area contributed by atoms with Crippen molar-refractivity contribution in [3.8, 4) is 0 Å². The first-order chi connectivity index (χ1) is 8.69. The number of aromatic nitrogens is 1. The fourth-order valence-electron chi connectivity index (χ4n) is 2.57. The molecule has 1 aliphatic rings. The van der Waals surface area contributed by atoms with Crippen molar-refractivity contribution in [2.75, 3.05) is 0 Å². The second-order valence-corrected chi connectivity index (χ2v) is 5.34. The predicted octanol–water partition coefficient (Wildman–Crippen LogP) is 2.72. The highest BCUT2D eigenvalue weighted by Gasteiger charge is 2.22. The third-order valence-electron chi connectivity index (χ3n) is 3.71. The second kappa shape index (κ2) is 6.14. The molecular weight excluding hydrogens is 228 g/mol. The van der Waals surface area contributed by atoms with Crippen molar-refractivity contribution in [1.29, 1.82) is 0 Å². The Balaban J connectivity index is 1.86. The van der Waals surface area contributed by atoms with Crippen LogP contribution in [0.15, 0.2) is 10.6 Å². The summed E-state index contributed by atoms with van der Waals surface area (Å²) in [6.07, 6.45) is 6.64. The van der Waals surface area contributed by atoms with Crippen LogP contribution in [0.1, 0.15) is 61.7 Å². The van der Waals surface area contributed by atoms with Crippen LogP contribution >= 0.6 is 0 Å². The lowest BCUT2D eigenvalue weighted by atomic mass is 9.83. The van der Waals surface area contributed by atoms with Crippen LogP contribution in [-0.4, -0.2) is 17.0 Å². The predicted molar refractivity (Wildman–Crippen MR) is 69.4 cm³/mol. The van der Waals surface area contributed by atoms with Gasteiger partial charge in [0.1, 0.15) is 11.5 Å². The summed E-state index contributed by atoms with van der Waals surface area (Å²) in [5, 5.41) is 3.87. The Morgan fingerprint density at radius 1 is 1.44 bits per heavy atom. The van der Waals surface area contributed by atoms with Crippen molar-refractivity contribution in [2.45, 2.75) is 57.9 Å². The molecule has 2 rings (SSSR count). The van der Waals surface area contributed by atoms with E-state index in [-0.39, 0.29) is 5.78 Å². The molecule has 1 fully saturated rings. The van der Waals surface area contributed by atoms with Crippen LogP contribution in [0.5, 0.6) is 0 Å². The number of aryl methyl sites for hydroxylation is 1. The van der Waals surface area contributed by atoms with Gasteiger partial charge in [0, 0.05) is 24.9 Å². The normalized spacial score (nSPS) is 24.1. The summed E-state index contributed by atoms with van der Waals surface area (Å²) in [5.74, 6) is 1.40. The topological polar surface area (TPSA) is 69.1 Å². The van der Waals surface area contributed by atoms with Gasteiger partial charge in [-0.05, 0) is 38.0 Å². The van der Waals surface area contributed by atoms with Crippen LogP contribution in [0.4, 0.5) is 0 Å². The molecule has 0 atom stereocenters. The van der Waals surface area contributed by atoms with Crippen LogP contribution in [0.3, 0.4) is 0 Å². The number of hydrogen-bond donors (Lipinski definition) is 1. The molecule has 1 saturated carbocycles. The van der Waals surface area contributed by atoms with E-state index in [1.807, 2.05) is 0 Å². The highest BCUT2D eigenvalue weighted by atomic mass is 16.5. The van der Waals surface area contributed by atoms with Crippen LogP contribution in [0.25, 0.3) is 0 Å². The molecule has 4 nitrogen and oxygen atoms in total. The molecule has 1 heterocycles. The number of hydrogen-bond acceptors (Lipinski definition) is 4. The summed E-state index contributed by atoms with van der Waals surface area (Å²) in [7, 11) is 0. The van der Waals surface area contributed by atoms with Crippen molar-refractivity contribution in [3.05, 3.63) is 17.5 Å². The number of carbonyl (C=O) groups excluding carboxylic acids is 1. The van der Waals surface area contributed by atoms with Crippen molar-refractivity contribution < 1.29 is 9.32 Å². The third-order valence-corrected chi connectivity index (χ3v) is 3.71. The highest BCUT2D eigenvalue weighted by Crippen LogP contribution is 2.27. The number of Topliss-reactive ketones (excluding diaryl/α,β-unsaturated/α-hetero) is 1. The van der Waals surface area contributed by atoms with Crippen LogP contribution in [0, 0.1) is 5.92 Å². The highest BCUT2D eigenvalue weighted by molar-refractivity contribution is 5.94. The zero-order valence-electron chi connectivity index (χ0n) is 11.0. The van der Waals surface area contributed by atoms with Crippen molar-refractivity contribution in [3.63, 3.8) is 0 Å². The van der Waals surface area contributed by atoms with E-state index in [0.717, 1.165) is 44.3 Å². The molecule has 0 aromatic carbocycles. The van der Waals surface area contributed by atoms with Crippen LogP contribution in [0.2, 0.25) is 0 Å². The standard InChI is InChI=1S/C14H22N2O2/c1-2-3-12-9-13(16-18-12)14(17)8-10-4-6-11(15)7-5-10/h9-11H,2-8,15H2,1H3. The number of carbonyl (C=O) groups is 1. The Hall–Kier alpha value is -1.16. The van der Waals surface area contributed by atoms with Crippen molar-refractivity contribution in [2.24, 2.45) is 11.7 Å². The van der Waals surface area contributed by atoms with Crippen LogP contribution < -0.4 is 5.73 Å². The van der Waals surface area contributed by atoms with E-state index >= 15 is 0 Å². The maximum atomic E-state index is 12.1. The number of ketones is 1. The van der Waals surface area contributed by atoms with Gasteiger partial charge in [0.05, 0.1) is 0 Å². The summed E-state index contributed by atoms with van der Waals surface area (Å²) in [6, 6.07) is 2.12. The quantitative estimate of drug-likeness (QED) is 0.816. The minimum atomic E-state index is 0.113. The molecule has 4 heteroatoms. The van der Waals surface area contributed by atoms with Gasteiger partial charge in [-0.3, -0.25) is 4.79 Å². The van der Waals surface area contributed by atoms with E-state index in [1.165, 1.54) is 0 Å². The molecule has 0 saturated heterocycles. The number of nitrogens with zero attached hydrogens (tertiary/aromatic N) is 1. The first-order valence-electron chi connectivity index (χ1n) is 6.93. The summed E-state index contributed by atoms with van der Waals surface area (Å²) < 4.78 is 5.14. The van der Waals surface area contributed by atoms with Crippen LogP contribution in [-0.2, 0) is 6.42 Å².